The average Bonchev–Trinajstić information content (AvgIpc) is 2.99. The third-order valence-corrected chi connectivity index (χ3v) is 5.48. The summed E-state index contributed by atoms with van der Waals surface area (Å²) >= 11 is 0. The Kier molecular flexibility index (Phi) is 14.6. The first kappa shape index (κ1) is 23.9. The maximum absolute atomic E-state index is 10.0. The van der Waals surface area contributed by atoms with Gasteiger partial charge in [0.1, 0.15) is 18.3 Å². The van der Waals surface area contributed by atoms with Gasteiger partial charge >= 0.3 is 0 Å². The quantitative estimate of drug-likeness (QED) is 0.353. The van der Waals surface area contributed by atoms with Crippen molar-refractivity contribution >= 4 is 0 Å². The summed E-state index contributed by atoms with van der Waals surface area (Å²) in [6.45, 7) is 4.98. The number of hydrogen-bond donors (Lipinski definition) is 2. The van der Waals surface area contributed by atoms with Crippen LogP contribution in [-0.2, 0) is 9.47 Å². The first-order valence-electron chi connectivity index (χ1n) is 11.3. The van der Waals surface area contributed by atoms with Gasteiger partial charge in [0.25, 0.3) is 0 Å². The lowest BCUT2D eigenvalue weighted by Crippen LogP contribution is -2.38. The maximum atomic E-state index is 10.0. The molecule has 1 rings (SSSR count). The monoisotopic (exact) mass is 372 g/mol. The smallest absolute Gasteiger partial charge is 0.112 e. The van der Waals surface area contributed by atoms with Crippen molar-refractivity contribution in [2.75, 3.05) is 13.2 Å². The number of aliphatic hydroxyl groups is 2. The predicted molar refractivity (Wildman–Crippen MR) is 107 cm³/mol. The molecule has 0 aromatic heterocycles. The van der Waals surface area contributed by atoms with Crippen LogP contribution in [0.1, 0.15) is 104 Å². The van der Waals surface area contributed by atoms with Crippen LogP contribution in [0.25, 0.3) is 0 Å². The molecule has 0 amide bonds. The Hall–Kier alpha value is -0.160. The molecule has 1 fully saturated rings. The average molecular weight is 373 g/mol. The van der Waals surface area contributed by atoms with E-state index in [0.717, 1.165) is 6.42 Å². The lowest BCUT2D eigenvalue weighted by Gasteiger charge is -2.19. The van der Waals surface area contributed by atoms with Gasteiger partial charge in [0.2, 0.25) is 0 Å². The van der Waals surface area contributed by atoms with Gasteiger partial charge in [0.15, 0.2) is 0 Å². The zero-order valence-electron chi connectivity index (χ0n) is 17.3. The molecule has 2 N–H and O–H groups in total. The molecule has 0 aromatic rings. The minimum Gasteiger partial charge on any atom is -0.391 e. The SMILES string of the molecule is CCCCCCCCCCCCCCCCO[C@H]1CO[C@H]([C@H](C)O)[C@@H]1O. The molecule has 4 nitrogen and oxygen atoms in total. The molecule has 0 aliphatic carbocycles. The Labute approximate surface area is 161 Å². The highest BCUT2D eigenvalue weighted by atomic mass is 16.6. The molecular weight excluding hydrogens is 328 g/mol. The number of ether oxygens (including phenoxy) is 2. The first-order chi connectivity index (χ1) is 12.7. The summed E-state index contributed by atoms with van der Waals surface area (Å²) in [7, 11) is 0. The molecule has 0 saturated carbocycles. The zero-order valence-corrected chi connectivity index (χ0v) is 17.3. The number of hydrogen-bond acceptors (Lipinski definition) is 4. The minimum atomic E-state index is -0.707. The highest BCUT2D eigenvalue weighted by Crippen LogP contribution is 2.20. The summed E-state index contributed by atoms with van der Waals surface area (Å²) in [5.74, 6) is 0. The van der Waals surface area contributed by atoms with Crippen molar-refractivity contribution in [1.82, 2.24) is 0 Å². The van der Waals surface area contributed by atoms with Crippen LogP contribution in [0, 0.1) is 0 Å². The van der Waals surface area contributed by atoms with Gasteiger partial charge in [-0.2, -0.15) is 0 Å². The third kappa shape index (κ3) is 10.9. The van der Waals surface area contributed by atoms with Gasteiger partial charge in [-0.15, -0.1) is 0 Å². The van der Waals surface area contributed by atoms with Gasteiger partial charge in [0, 0.05) is 6.61 Å². The Morgan fingerprint density at radius 2 is 1.31 bits per heavy atom. The second-order valence-electron chi connectivity index (χ2n) is 8.03. The molecule has 1 aliphatic rings. The predicted octanol–water partition coefficient (Wildman–Crippen LogP) is 4.99. The summed E-state index contributed by atoms with van der Waals surface area (Å²) in [4.78, 5) is 0. The molecular formula is C22H44O4. The van der Waals surface area contributed by atoms with Crippen LogP contribution in [0.2, 0.25) is 0 Å². The van der Waals surface area contributed by atoms with Crippen molar-refractivity contribution in [3.8, 4) is 0 Å². The summed E-state index contributed by atoms with van der Waals surface area (Å²) in [6.07, 6.45) is 16.7. The molecule has 1 aliphatic heterocycles. The van der Waals surface area contributed by atoms with Gasteiger partial charge < -0.3 is 19.7 Å². The van der Waals surface area contributed by atoms with Gasteiger partial charge in [-0.3, -0.25) is 0 Å². The van der Waals surface area contributed by atoms with E-state index in [0.29, 0.717) is 13.2 Å². The summed E-state index contributed by atoms with van der Waals surface area (Å²) < 4.78 is 11.1. The summed E-state index contributed by atoms with van der Waals surface area (Å²) in [5, 5.41) is 19.5. The third-order valence-electron chi connectivity index (χ3n) is 5.48. The number of aliphatic hydroxyl groups excluding tert-OH is 2. The Morgan fingerprint density at radius 1 is 0.846 bits per heavy atom. The molecule has 26 heavy (non-hydrogen) atoms. The molecule has 1 saturated heterocycles. The van der Waals surface area contributed by atoms with E-state index in [1.165, 1.54) is 83.5 Å². The van der Waals surface area contributed by atoms with Gasteiger partial charge in [-0.25, -0.2) is 0 Å². The van der Waals surface area contributed by atoms with E-state index in [-0.39, 0.29) is 6.10 Å². The summed E-state index contributed by atoms with van der Waals surface area (Å²) in [6, 6.07) is 0. The molecule has 1 heterocycles. The van der Waals surface area contributed by atoms with Crippen molar-refractivity contribution in [3.05, 3.63) is 0 Å². The Bertz CT molecular complexity index is 309. The van der Waals surface area contributed by atoms with Crippen LogP contribution in [0.4, 0.5) is 0 Å². The second-order valence-corrected chi connectivity index (χ2v) is 8.03. The fourth-order valence-electron chi connectivity index (χ4n) is 3.72. The van der Waals surface area contributed by atoms with E-state index < -0.39 is 18.3 Å². The minimum absolute atomic E-state index is 0.281. The molecule has 0 aromatic carbocycles. The van der Waals surface area contributed by atoms with Crippen LogP contribution in [0.5, 0.6) is 0 Å². The van der Waals surface area contributed by atoms with Crippen LogP contribution in [0.3, 0.4) is 0 Å². The number of unbranched alkanes of at least 4 members (excludes halogenated alkanes) is 13. The first-order valence-corrected chi connectivity index (χ1v) is 11.3. The van der Waals surface area contributed by atoms with Gasteiger partial charge in [-0.05, 0) is 13.3 Å². The van der Waals surface area contributed by atoms with Crippen LogP contribution in [0.15, 0.2) is 0 Å². The topological polar surface area (TPSA) is 58.9 Å². The summed E-state index contributed by atoms with van der Waals surface area (Å²) in [5.41, 5.74) is 0. The highest BCUT2D eigenvalue weighted by molar-refractivity contribution is 4.87. The molecule has 0 bridgehead atoms. The van der Waals surface area contributed by atoms with Crippen molar-refractivity contribution in [3.63, 3.8) is 0 Å². The van der Waals surface area contributed by atoms with Crippen LogP contribution in [-0.4, -0.2) is 47.8 Å². The zero-order chi connectivity index (χ0) is 19.0. The van der Waals surface area contributed by atoms with Gasteiger partial charge in [-0.1, -0.05) is 90.4 Å². The van der Waals surface area contributed by atoms with Crippen molar-refractivity contribution < 1.29 is 19.7 Å². The fourth-order valence-corrected chi connectivity index (χ4v) is 3.72. The molecule has 0 radical (unpaired) electrons. The molecule has 0 unspecified atom stereocenters. The fraction of sp³-hybridized carbons (Fsp3) is 1.00. The lowest BCUT2D eigenvalue weighted by atomic mass is 10.0. The lowest BCUT2D eigenvalue weighted by molar-refractivity contribution is -0.0518. The van der Waals surface area contributed by atoms with E-state index in [4.69, 9.17) is 9.47 Å². The Balaban J connectivity index is 1.79. The normalized spacial score (nSPS) is 24.2. The van der Waals surface area contributed by atoms with E-state index in [1.807, 2.05) is 0 Å². The van der Waals surface area contributed by atoms with Crippen LogP contribution >= 0.6 is 0 Å². The Morgan fingerprint density at radius 3 is 1.73 bits per heavy atom. The maximum Gasteiger partial charge on any atom is 0.112 e. The molecule has 0 spiro atoms. The highest BCUT2D eigenvalue weighted by Gasteiger charge is 2.39. The van der Waals surface area contributed by atoms with E-state index in [9.17, 15) is 10.2 Å². The van der Waals surface area contributed by atoms with Crippen molar-refractivity contribution in [1.29, 1.82) is 0 Å². The van der Waals surface area contributed by atoms with E-state index >= 15 is 0 Å². The molecule has 4 heteroatoms. The second kappa shape index (κ2) is 15.9. The van der Waals surface area contributed by atoms with Crippen molar-refractivity contribution in [2.24, 2.45) is 0 Å². The van der Waals surface area contributed by atoms with Crippen molar-refractivity contribution in [2.45, 2.75) is 128 Å². The van der Waals surface area contributed by atoms with E-state index in [2.05, 4.69) is 6.92 Å². The number of rotatable bonds is 17. The molecule has 4 atom stereocenters. The van der Waals surface area contributed by atoms with Crippen LogP contribution < -0.4 is 0 Å². The standard InChI is InChI=1S/C22H44O4/c1-3-4-5-6-7-8-9-10-11-12-13-14-15-16-17-25-20-18-26-22(19(2)23)21(20)24/h19-24H,3-18H2,1-2H3/t19-,20-,21+,22+/m0/s1. The largest absolute Gasteiger partial charge is 0.391 e. The van der Waals surface area contributed by atoms with Gasteiger partial charge in [0.05, 0.1) is 12.7 Å². The molecule has 156 valence electrons. The van der Waals surface area contributed by atoms with E-state index in [1.54, 1.807) is 6.92 Å².